The van der Waals surface area contributed by atoms with Gasteiger partial charge in [-0.15, -0.1) is 0 Å². The summed E-state index contributed by atoms with van der Waals surface area (Å²) in [5.74, 6) is 0.0521. The third kappa shape index (κ3) is 3.83. The highest BCUT2D eigenvalue weighted by molar-refractivity contribution is 9.10. The quantitative estimate of drug-likeness (QED) is 0.827. The van der Waals surface area contributed by atoms with Gasteiger partial charge >= 0.3 is 0 Å². The maximum atomic E-state index is 14.2. The molecule has 2 unspecified atom stereocenters. The van der Waals surface area contributed by atoms with Crippen LogP contribution in [0, 0.1) is 17.7 Å². The topological polar surface area (TPSA) is 72.2 Å². The van der Waals surface area contributed by atoms with E-state index in [2.05, 4.69) is 27.6 Å². The van der Waals surface area contributed by atoms with Gasteiger partial charge in [0.2, 0.25) is 10.0 Å². The molecule has 0 bridgehead atoms. The minimum atomic E-state index is -3.87. The Morgan fingerprint density at radius 2 is 2.14 bits per heavy atom. The monoisotopic (exact) mass is 378 g/mol. The second kappa shape index (κ2) is 6.73. The Morgan fingerprint density at radius 3 is 2.71 bits per heavy atom. The van der Waals surface area contributed by atoms with Gasteiger partial charge in [0, 0.05) is 23.1 Å². The zero-order valence-corrected chi connectivity index (χ0v) is 14.3. The van der Waals surface area contributed by atoms with Gasteiger partial charge < -0.3 is 5.73 Å². The van der Waals surface area contributed by atoms with E-state index < -0.39 is 15.8 Å². The van der Waals surface area contributed by atoms with Crippen molar-refractivity contribution in [3.63, 3.8) is 0 Å². The molecule has 1 fully saturated rings. The summed E-state index contributed by atoms with van der Waals surface area (Å²) < 4.78 is 41.9. The molecule has 2 rings (SSSR count). The number of benzene rings is 1. The summed E-state index contributed by atoms with van der Waals surface area (Å²) in [6, 6.07) is 2.77. The van der Waals surface area contributed by atoms with E-state index in [4.69, 9.17) is 5.73 Å². The van der Waals surface area contributed by atoms with Crippen LogP contribution >= 0.6 is 15.9 Å². The van der Waals surface area contributed by atoms with Crippen LogP contribution in [0.4, 0.5) is 4.39 Å². The summed E-state index contributed by atoms with van der Waals surface area (Å²) in [6.45, 7) is 2.43. The molecule has 3 N–H and O–H groups in total. The second-order valence-electron chi connectivity index (χ2n) is 5.60. The highest BCUT2D eigenvalue weighted by Crippen LogP contribution is 2.31. The van der Waals surface area contributed by atoms with E-state index in [0.29, 0.717) is 22.9 Å². The van der Waals surface area contributed by atoms with Gasteiger partial charge in [-0.25, -0.2) is 17.5 Å². The molecular formula is C14H20BrFN2O2S. The minimum absolute atomic E-state index is 0.0482. The van der Waals surface area contributed by atoms with E-state index in [1.54, 1.807) is 0 Å². The molecule has 1 aliphatic rings. The van der Waals surface area contributed by atoms with Crippen LogP contribution in [-0.4, -0.2) is 15.0 Å². The first kappa shape index (κ1) is 16.9. The van der Waals surface area contributed by atoms with E-state index >= 15 is 0 Å². The van der Waals surface area contributed by atoms with E-state index in [-0.39, 0.29) is 17.0 Å². The minimum Gasteiger partial charge on any atom is -0.326 e. The summed E-state index contributed by atoms with van der Waals surface area (Å²) in [6.07, 6.45) is 3.25. The van der Waals surface area contributed by atoms with Crippen LogP contribution < -0.4 is 10.5 Å². The Kier molecular flexibility index (Phi) is 5.40. The molecule has 0 aromatic heterocycles. The molecule has 2 atom stereocenters. The van der Waals surface area contributed by atoms with E-state index in [0.717, 1.165) is 19.3 Å². The first-order valence-electron chi connectivity index (χ1n) is 7.03. The zero-order valence-electron chi connectivity index (χ0n) is 11.9. The molecule has 0 amide bonds. The SMILES string of the molecule is CC1CCCC1CNS(=O)(=O)c1cc(Br)cc(CN)c1F. The number of nitrogens with two attached hydrogens (primary N) is 1. The maximum absolute atomic E-state index is 14.2. The van der Waals surface area contributed by atoms with Crippen LogP contribution in [0.5, 0.6) is 0 Å². The summed E-state index contributed by atoms with van der Waals surface area (Å²) in [5, 5.41) is 0. The average Bonchev–Trinajstić information content (AvgIpc) is 2.84. The van der Waals surface area contributed by atoms with Gasteiger partial charge in [-0.05, 0) is 30.4 Å². The van der Waals surface area contributed by atoms with Crippen LogP contribution in [0.2, 0.25) is 0 Å². The lowest BCUT2D eigenvalue weighted by Gasteiger charge is -2.17. The largest absolute Gasteiger partial charge is 0.326 e. The Bertz CT molecular complexity index is 622. The number of hydrogen-bond donors (Lipinski definition) is 2. The van der Waals surface area contributed by atoms with Gasteiger partial charge in [-0.2, -0.15) is 0 Å². The van der Waals surface area contributed by atoms with Crippen molar-refractivity contribution in [2.45, 2.75) is 37.6 Å². The van der Waals surface area contributed by atoms with Gasteiger partial charge in [0.15, 0.2) is 0 Å². The summed E-state index contributed by atoms with van der Waals surface area (Å²) >= 11 is 3.19. The molecule has 1 aromatic rings. The molecule has 0 aliphatic heterocycles. The Labute approximate surface area is 133 Å². The molecule has 0 radical (unpaired) electrons. The molecule has 4 nitrogen and oxygen atoms in total. The third-order valence-corrected chi connectivity index (χ3v) is 6.04. The number of nitrogens with one attached hydrogen (secondary N) is 1. The van der Waals surface area contributed by atoms with Gasteiger partial charge in [-0.1, -0.05) is 35.7 Å². The standard InChI is InChI=1S/C14H20BrFN2O2S/c1-9-3-2-4-10(9)8-18-21(19,20)13-6-12(15)5-11(7-17)14(13)16/h5-6,9-10,18H,2-4,7-8,17H2,1H3. The molecular weight excluding hydrogens is 359 g/mol. The van der Waals surface area contributed by atoms with Crippen molar-refractivity contribution in [1.29, 1.82) is 0 Å². The zero-order chi connectivity index (χ0) is 15.6. The van der Waals surface area contributed by atoms with E-state index in [1.807, 2.05) is 0 Å². The molecule has 0 heterocycles. The lowest BCUT2D eigenvalue weighted by atomic mass is 9.99. The summed E-state index contributed by atoms with van der Waals surface area (Å²) in [4.78, 5) is -0.344. The van der Waals surface area contributed by atoms with Gasteiger partial charge in [0.1, 0.15) is 10.7 Å². The molecule has 118 valence electrons. The molecule has 1 aromatic carbocycles. The molecule has 21 heavy (non-hydrogen) atoms. The fourth-order valence-corrected chi connectivity index (χ4v) is 4.68. The van der Waals surface area contributed by atoms with E-state index in [1.165, 1.54) is 12.1 Å². The van der Waals surface area contributed by atoms with Crippen LogP contribution in [-0.2, 0) is 16.6 Å². The van der Waals surface area contributed by atoms with Crippen molar-refractivity contribution in [2.75, 3.05) is 6.54 Å². The fraction of sp³-hybridized carbons (Fsp3) is 0.571. The number of rotatable bonds is 5. The molecule has 0 saturated heterocycles. The van der Waals surface area contributed by atoms with Crippen molar-refractivity contribution in [2.24, 2.45) is 17.6 Å². The predicted molar refractivity (Wildman–Crippen MR) is 83.7 cm³/mol. The Balaban J connectivity index is 2.21. The molecule has 1 aliphatic carbocycles. The first-order valence-corrected chi connectivity index (χ1v) is 9.30. The van der Waals surface area contributed by atoms with Crippen LogP contribution in [0.3, 0.4) is 0 Å². The van der Waals surface area contributed by atoms with Crippen molar-refractivity contribution < 1.29 is 12.8 Å². The Hall–Kier alpha value is -0.500. The second-order valence-corrected chi connectivity index (χ2v) is 8.25. The smallest absolute Gasteiger partial charge is 0.243 e. The van der Waals surface area contributed by atoms with Gasteiger partial charge in [-0.3, -0.25) is 0 Å². The average molecular weight is 379 g/mol. The fourth-order valence-electron chi connectivity index (χ4n) is 2.78. The first-order chi connectivity index (χ1) is 9.85. The normalized spacial score (nSPS) is 22.7. The van der Waals surface area contributed by atoms with Crippen molar-refractivity contribution >= 4 is 26.0 Å². The number of halogens is 2. The van der Waals surface area contributed by atoms with Gasteiger partial charge in [0.25, 0.3) is 0 Å². The molecule has 0 spiro atoms. The molecule has 1 saturated carbocycles. The van der Waals surface area contributed by atoms with Crippen LogP contribution in [0.25, 0.3) is 0 Å². The lowest BCUT2D eigenvalue weighted by molar-refractivity contribution is 0.414. The van der Waals surface area contributed by atoms with Crippen LogP contribution in [0.15, 0.2) is 21.5 Å². The third-order valence-electron chi connectivity index (χ3n) is 4.16. The lowest BCUT2D eigenvalue weighted by Crippen LogP contribution is -2.31. The number of sulfonamides is 1. The number of hydrogen-bond acceptors (Lipinski definition) is 3. The van der Waals surface area contributed by atoms with Crippen molar-refractivity contribution in [1.82, 2.24) is 4.72 Å². The Morgan fingerprint density at radius 1 is 1.43 bits per heavy atom. The van der Waals surface area contributed by atoms with Crippen molar-refractivity contribution in [3.8, 4) is 0 Å². The highest BCUT2D eigenvalue weighted by Gasteiger charge is 2.27. The van der Waals surface area contributed by atoms with Crippen LogP contribution in [0.1, 0.15) is 31.7 Å². The molecule has 7 heteroatoms. The van der Waals surface area contributed by atoms with Gasteiger partial charge in [0.05, 0.1) is 0 Å². The summed E-state index contributed by atoms with van der Waals surface area (Å²) in [7, 11) is -3.87. The summed E-state index contributed by atoms with van der Waals surface area (Å²) in [5.41, 5.74) is 5.63. The maximum Gasteiger partial charge on any atom is 0.243 e. The van der Waals surface area contributed by atoms with Crippen molar-refractivity contribution in [3.05, 3.63) is 28.0 Å². The predicted octanol–water partition coefficient (Wildman–Crippen LogP) is 2.76. The van der Waals surface area contributed by atoms with E-state index in [9.17, 15) is 12.8 Å². The highest BCUT2D eigenvalue weighted by atomic mass is 79.9.